The van der Waals surface area contributed by atoms with E-state index in [2.05, 4.69) is 17.1 Å². The summed E-state index contributed by atoms with van der Waals surface area (Å²) in [7, 11) is 0. The summed E-state index contributed by atoms with van der Waals surface area (Å²) in [6.07, 6.45) is 2.90. The number of ether oxygens (including phenoxy) is 1. The zero-order valence-corrected chi connectivity index (χ0v) is 17.8. The van der Waals surface area contributed by atoms with Gasteiger partial charge in [0.1, 0.15) is 17.4 Å². The fraction of sp³-hybridized carbons (Fsp3) is 0.222. The molecule has 0 unspecified atom stereocenters. The highest BCUT2D eigenvalue weighted by Gasteiger charge is 2.46. The number of amides is 1. The summed E-state index contributed by atoms with van der Waals surface area (Å²) in [5.74, 6) is 1.44. The topological polar surface area (TPSA) is 79.4 Å². The standard InChI is InChI=1S/C27H21N3O3/c28-15-17-6-5-7-18(12-17)27(31)30-16-24(32-25-10-3-4-11-29-25)22-14-19(30)13-21-20-8-1-2-9-23(20)33-26(21)22/h1-12,19,22,24H,13-14,16H2/t19-,22+,24-/m0/s1. The summed E-state index contributed by atoms with van der Waals surface area (Å²) in [5.41, 5.74) is 3.02. The highest BCUT2D eigenvalue weighted by atomic mass is 16.5. The largest absolute Gasteiger partial charge is 0.472 e. The van der Waals surface area contributed by atoms with E-state index in [1.807, 2.05) is 41.3 Å². The minimum absolute atomic E-state index is 0.0302. The van der Waals surface area contributed by atoms with Crippen molar-refractivity contribution in [3.05, 3.63) is 95.4 Å². The molecule has 1 fully saturated rings. The number of para-hydroxylation sites is 1. The first kappa shape index (κ1) is 19.6. The van der Waals surface area contributed by atoms with Gasteiger partial charge in [0.25, 0.3) is 5.91 Å². The second-order valence-electron chi connectivity index (χ2n) is 8.62. The highest BCUT2D eigenvalue weighted by Crippen LogP contribution is 2.45. The maximum Gasteiger partial charge on any atom is 0.254 e. The number of pyridine rings is 1. The third-order valence-corrected chi connectivity index (χ3v) is 6.71. The summed E-state index contributed by atoms with van der Waals surface area (Å²) < 4.78 is 12.7. The van der Waals surface area contributed by atoms with Crippen LogP contribution >= 0.6 is 0 Å². The van der Waals surface area contributed by atoms with E-state index in [4.69, 9.17) is 9.15 Å². The Hall–Kier alpha value is -4.11. The molecule has 1 saturated heterocycles. The number of benzene rings is 2. The van der Waals surface area contributed by atoms with Gasteiger partial charge in [0.2, 0.25) is 5.88 Å². The number of aromatic nitrogens is 1. The van der Waals surface area contributed by atoms with Gasteiger partial charge in [-0.25, -0.2) is 4.98 Å². The van der Waals surface area contributed by atoms with Crippen molar-refractivity contribution in [1.82, 2.24) is 9.88 Å². The van der Waals surface area contributed by atoms with E-state index in [1.54, 1.807) is 30.5 Å². The normalized spacial score (nSPS) is 21.3. The molecule has 2 aromatic carbocycles. The molecule has 0 saturated carbocycles. The van der Waals surface area contributed by atoms with E-state index in [1.165, 1.54) is 0 Å². The number of fused-ring (bicyclic) bond motifs is 6. The average Bonchev–Trinajstić information content (AvgIpc) is 3.24. The molecule has 4 aromatic rings. The molecule has 0 spiro atoms. The number of furan rings is 1. The molecule has 1 amide bonds. The maximum atomic E-state index is 13.6. The second-order valence-corrected chi connectivity index (χ2v) is 8.62. The van der Waals surface area contributed by atoms with Crippen LogP contribution in [-0.2, 0) is 6.42 Å². The Morgan fingerprint density at radius 3 is 2.85 bits per heavy atom. The molecule has 1 aliphatic heterocycles. The van der Waals surface area contributed by atoms with Crippen LogP contribution in [0.2, 0.25) is 0 Å². The molecule has 33 heavy (non-hydrogen) atoms. The molecule has 6 nitrogen and oxygen atoms in total. The molecule has 2 aliphatic rings. The van der Waals surface area contributed by atoms with Crippen molar-refractivity contribution in [1.29, 1.82) is 5.26 Å². The summed E-state index contributed by atoms with van der Waals surface area (Å²) >= 11 is 0. The second kappa shape index (κ2) is 7.79. The third kappa shape index (κ3) is 3.33. The highest BCUT2D eigenvalue weighted by molar-refractivity contribution is 5.95. The van der Waals surface area contributed by atoms with E-state index >= 15 is 0 Å². The van der Waals surface area contributed by atoms with Crippen molar-refractivity contribution in [3.8, 4) is 11.9 Å². The summed E-state index contributed by atoms with van der Waals surface area (Å²) in [6, 6.07) is 22.7. The molecule has 0 radical (unpaired) electrons. The smallest absolute Gasteiger partial charge is 0.254 e. The molecule has 6 rings (SSSR count). The lowest BCUT2D eigenvalue weighted by Gasteiger charge is -2.46. The fourth-order valence-corrected chi connectivity index (χ4v) is 5.20. The molecule has 162 valence electrons. The van der Waals surface area contributed by atoms with Crippen molar-refractivity contribution in [2.75, 3.05) is 6.54 Å². The zero-order chi connectivity index (χ0) is 22.4. The van der Waals surface area contributed by atoms with E-state index in [-0.39, 0.29) is 24.0 Å². The SMILES string of the molecule is N#Cc1cccc(C(=O)N2C[C@H](Oc3ccccn3)[C@H]3C[C@@H]2Cc2c3oc3ccccc23)c1. The summed E-state index contributed by atoms with van der Waals surface area (Å²) in [6.45, 7) is 0.429. The zero-order valence-electron chi connectivity index (χ0n) is 17.8. The van der Waals surface area contributed by atoms with Crippen molar-refractivity contribution in [2.45, 2.75) is 30.9 Å². The van der Waals surface area contributed by atoms with E-state index in [0.29, 0.717) is 23.6 Å². The molecule has 1 aliphatic carbocycles. The van der Waals surface area contributed by atoms with Gasteiger partial charge in [-0.1, -0.05) is 30.3 Å². The van der Waals surface area contributed by atoms with Gasteiger partial charge in [0.15, 0.2) is 0 Å². The minimum Gasteiger partial charge on any atom is -0.472 e. The maximum absolute atomic E-state index is 13.6. The Labute approximate surface area is 191 Å². The van der Waals surface area contributed by atoms with E-state index in [0.717, 1.165) is 35.1 Å². The minimum atomic E-state index is -0.293. The van der Waals surface area contributed by atoms with Gasteiger partial charge in [-0.05, 0) is 43.2 Å². The lowest BCUT2D eigenvalue weighted by molar-refractivity contribution is 0.0155. The Kier molecular flexibility index (Phi) is 4.62. The van der Waals surface area contributed by atoms with Gasteiger partial charge >= 0.3 is 0 Å². The number of hydrogen-bond donors (Lipinski definition) is 0. The van der Waals surface area contributed by atoms with Crippen LogP contribution < -0.4 is 4.74 Å². The fourth-order valence-electron chi connectivity index (χ4n) is 5.20. The van der Waals surface area contributed by atoms with Gasteiger partial charge in [-0.3, -0.25) is 4.79 Å². The van der Waals surface area contributed by atoms with Gasteiger partial charge in [0.05, 0.1) is 24.1 Å². The first-order valence-electron chi connectivity index (χ1n) is 11.1. The number of nitriles is 1. The predicted molar refractivity (Wildman–Crippen MR) is 122 cm³/mol. The van der Waals surface area contributed by atoms with Crippen LogP contribution in [0, 0.1) is 11.3 Å². The lowest BCUT2D eigenvalue weighted by Crippen LogP contribution is -2.56. The monoisotopic (exact) mass is 435 g/mol. The Bertz CT molecular complexity index is 1390. The first-order chi connectivity index (χ1) is 16.2. The number of piperidine rings is 1. The quantitative estimate of drug-likeness (QED) is 0.466. The number of rotatable bonds is 3. The van der Waals surface area contributed by atoms with Gasteiger partial charge in [-0.2, -0.15) is 5.26 Å². The van der Waals surface area contributed by atoms with Crippen molar-refractivity contribution >= 4 is 16.9 Å². The number of hydrogen-bond acceptors (Lipinski definition) is 5. The Balaban J connectivity index is 1.42. The molecule has 6 heteroatoms. The number of carbonyl (C=O) groups is 1. The van der Waals surface area contributed by atoms with E-state index in [9.17, 15) is 10.1 Å². The molecule has 3 atom stereocenters. The van der Waals surface area contributed by atoms with Crippen LogP contribution in [0.5, 0.6) is 5.88 Å². The molecule has 2 bridgehead atoms. The Morgan fingerprint density at radius 2 is 2.00 bits per heavy atom. The number of likely N-dealkylation sites (tertiary alicyclic amines) is 1. The molecule has 3 heterocycles. The number of carbonyl (C=O) groups excluding carboxylic acids is 1. The lowest BCUT2D eigenvalue weighted by atomic mass is 9.76. The number of nitrogens with zero attached hydrogens (tertiary/aromatic N) is 3. The van der Waals surface area contributed by atoms with Crippen molar-refractivity contribution in [3.63, 3.8) is 0 Å². The Morgan fingerprint density at radius 1 is 1.12 bits per heavy atom. The third-order valence-electron chi connectivity index (χ3n) is 6.71. The van der Waals surface area contributed by atoms with Crippen LogP contribution in [0.25, 0.3) is 11.0 Å². The van der Waals surface area contributed by atoms with Gasteiger partial charge in [-0.15, -0.1) is 0 Å². The van der Waals surface area contributed by atoms with Crippen LogP contribution in [0.1, 0.15) is 39.6 Å². The van der Waals surface area contributed by atoms with Gasteiger partial charge in [0, 0.05) is 34.8 Å². The van der Waals surface area contributed by atoms with Crippen LogP contribution in [-0.4, -0.2) is 34.5 Å². The summed E-state index contributed by atoms with van der Waals surface area (Å²) in [5, 5.41) is 10.4. The molecular formula is C27H21N3O3. The molecular weight excluding hydrogens is 414 g/mol. The van der Waals surface area contributed by atoms with Crippen molar-refractivity contribution in [2.24, 2.45) is 0 Å². The van der Waals surface area contributed by atoms with E-state index < -0.39 is 0 Å². The van der Waals surface area contributed by atoms with Crippen LogP contribution in [0.4, 0.5) is 0 Å². The summed E-state index contributed by atoms with van der Waals surface area (Å²) in [4.78, 5) is 19.8. The van der Waals surface area contributed by atoms with Crippen LogP contribution in [0.3, 0.4) is 0 Å². The predicted octanol–water partition coefficient (Wildman–Crippen LogP) is 4.70. The average molecular weight is 435 g/mol. The van der Waals surface area contributed by atoms with Crippen molar-refractivity contribution < 1.29 is 13.9 Å². The molecule has 0 N–H and O–H groups in total. The van der Waals surface area contributed by atoms with Gasteiger partial charge < -0.3 is 14.1 Å². The molecule has 2 aromatic heterocycles. The first-order valence-corrected chi connectivity index (χ1v) is 11.1. The van der Waals surface area contributed by atoms with Crippen LogP contribution in [0.15, 0.2) is 77.3 Å².